The normalized spacial score (nSPS) is 15.7. The molecule has 0 unspecified atom stereocenters. The van der Waals surface area contributed by atoms with Gasteiger partial charge < -0.3 is 14.8 Å². The van der Waals surface area contributed by atoms with Crippen molar-refractivity contribution in [2.24, 2.45) is 0 Å². The molecular weight excluding hydrogens is 262 g/mol. The Morgan fingerprint density at radius 1 is 1.10 bits per heavy atom. The second-order valence-electron chi connectivity index (χ2n) is 5.86. The molecule has 0 saturated heterocycles. The van der Waals surface area contributed by atoms with E-state index in [2.05, 4.69) is 30.4 Å². The number of fused-ring (bicyclic) bond motifs is 1. The summed E-state index contributed by atoms with van der Waals surface area (Å²) in [5.41, 5.74) is 4.38. The highest BCUT2D eigenvalue weighted by molar-refractivity contribution is 5.35. The van der Waals surface area contributed by atoms with E-state index in [9.17, 15) is 0 Å². The van der Waals surface area contributed by atoms with E-state index in [1.54, 1.807) is 0 Å². The molecule has 0 fully saturated rings. The van der Waals surface area contributed by atoms with Crippen LogP contribution in [-0.2, 0) is 26.0 Å². The van der Waals surface area contributed by atoms with Crippen LogP contribution < -0.4 is 5.32 Å². The highest BCUT2D eigenvalue weighted by Crippen LogP contribution is 2.25. The van der Waals surface area contributed by atoms with Crippen LogP contribution in [0.2, 0.25) is 0 Å². The molecule has 1 aromatic heterocycles. The van der Waals surface area contributed by atoms with Gasteiger partial charge in [-0.3, -0.25) is 0 Å². The quantitative estimate of drug-likeness (QED) is 0.883. The lowest BCUT2D eigenvalue weighted by molar-refractivity contribution is 0.242. The molecule has 0 bridgehead atoms. The van der Waals surface area contributed by atoms with Crippen LogP contribution in [0.25, 0.3) is 0 Å². The van der Waals surface area contributed by atoms with Crippen LogP contribution in [-0.4, -0.2) is 5.11 Å². The summed E-state index contributed by atoms with van der Waals surface area (Å²) in [6.45, 7) is 2.82. The molecule has 1 aromatic carbocycles. The van der Waals surface area contributed by atoms with Crippen molar-refractivity contribution in [1.82, 2.24) is 5.32 Å². The second-order valence-corrected chi connectivity index (χ2v) is 5.86. The van der Waals surface area contributed by atoms with Crippen molar-refractivity contribution < 1.29 is 9.52 Å². The van der Waals surface area contributed by atoms with E-state index in [0.29, 0.717) is 18.3 Å². The maximum absolute atomic E-state index is 9.00. The summed E-state index contributed by atoms with van der Waals surface area (Å²) in [6.07, 6.45) is 5.09. The number of nitrogens with one attached hydrogen (secondary N) is 1. The van der Waals surface area contributed by atoms with Crippen molar-refractivity contribution >= 4 is 0 Å². The van der Waals surface area contributed by atoms with Gasteiger partial charge in [-0.15, -0.1) is 0 Å². The number of benzene rings is 1. The molecule has 1 aliphatic carbocycles. The van der Waals surface area contributed by atoms with Crippen LogP contribution in [0.1, 0.15) is 54.0 Å². The summed E-state index contributed by atoms with van der Waals surface area (Å²) in [5.74, 6) is 1.48. The highest BCUT2D eigenvalue weighted by atomic mass is 16.4. The van der Waals surface area contributed by atoms with Gasteiger partial charge in [0.2, 0.25) is 0 Å². The summed E-state index contributed by atoms with van der Waals surface area (Å²) in [7, 11) is 0. The van der Waals surface area contributed by atoms with Gasteiger partial charge in [0.05, 0.1) is 6.54 Å². The number of furan rings is 1. The maximum Gasteiger partial charge on any atom is 0.129 e. The number of aryl methyl sites for hydroxylation is 2. The van der Waals surface area contributed by atoms with Gasteiger partial charge in [-0.25, -0.2) is 0 Å². The van der Waals surface area contributed by atoms with Gasteiger partial charge in [0.15, 0.2) is 0 Å². The molecule has 3 rings (SSSR count). The molecule has 21 heavy (non-hydrogen) atoms. The molecule has 0 spiro atoms. The molecule has 1 aliphatic rings. The molecule has 1 atom stereocenters. The van der Waals surface area contributed by atoms with Crippen LogP contribution >= 0.6 is 0 Å². The Morgan fingerprint density at radius 2 is 1.86 bits per heavy atom. The number of rotatable bonds is 5. The Labute approximate surface area is 126 Å². The number of hydrogen-bond donors (Lipinski definition) is 2. The third kappa shape index (κ3) is 3.36. The monoisotopic (exact) mass is 285 g/mol. The number of aliphatic hydroxyl groups is 1. The Bertz CT molecular complexity index is 603. The van der Waals surface area contributed by atoms with E-state index in [1.165, 1.54) is 42.4 Å². The third-order valence-electron chi connectivity index (χ3n) is 4.33. The Kier molecular flexibility index (Phi) is 4.42. The average Bonchev–Trinajstić information content (AvgIpc) is 3.00. The van der Waals surface area contributed by atoms with E-state index >= 15 is 0 Å². The van der Waals surface area contributed by atoms with Crippen LogP contribution in [0.5, 0.6) is 0 Å². The number of aliphatic hydroxyl groups excluding tert-OH is 1. The predicted octanol–water partition coefficient (Wildman–Crippen LogP) is 3.50. The van der Waals surface area contributed by atoms with Gasteiger partial charge in [0.1, 0.15) is 18.1 Å². The Balaban J connectivity index is 1.63. The van der Waals surface area contributed by atoms with Crippen LogP contribution in [0, 0.1) is 0 Å². The summed E-state index contributed by atoms with van der Waals surface area (Å²) < 4.78 is 5.50. The summed E-state index contributed by atoms with van der Waals surface area (Å²) in [6, 6.07) is 10.9. The van der Waals surface area contributed by atoms with Crippen molar-refractivity contribution in [1.29, 1.82) is 0 Å². The van der Waals surface area contributed by atoms with Crippen LogP contribution in [0.4, 0.5) is 0 Å². The largest absolute Gasteiger partial charge is 0.462 e. The fourth-order valence-electron chi connectivity index (χ4n) is 3.00. The SMILES string of the molecule is C[C@H](NCc1ccc(CO)o1)c1ccc2c(c1)CCCC2. The zero-order valence-electron chi connectivity index (χ0n) is 12.6. The molecule has 3 heteroatoms. The lowest BCUT2D eigenvalue weighted by atomic mass is 9.89. The summed E-state index contributed by atoms with van der Waals surface area (Å²) in [4.78, 5) is 0. The highest BCUT2D eigenvalue weighted by Gasteiger charge is 2.12. The molecule has 112 valence electrons. The Hall–Kier alpha value is -1.58. The van der Waals surface area contributed by atoms with Crippen LogP contribution in [0.15, 0.2) is 34.7 Å². The lowest BCUT2D eigenvalue weighted by Crippen LogP contribution is -2.18. The van der Waals surface area contributed by atoms with Crippen molar-refractivity contribution in [3.8, 4) is 0 Å². The van der Waals surface area contributed by atoms with Gasteiger partial charge in [-0.2, -0.15) is 0 Å². The average molecular weight is 285 g/mol. The third-order valence-corrected chi connectivity index (χ3v) is 4.33. The minimum atomic E-state index is -0.0413. The first-order valence-electron chi connectivity index (χ1n) is 7.80. The van der Waals surface area contributed by atoms with Gasteiger partial charge in [-0.05, 0) is 61.4 Å². The first kappa shape index (κ1) is 14.4. The fourth-order valence-corrected chi connectivity index (χ4v) is 3.00. The topological polar surface area (TPSA) is 45.4 Å². The second kappa shape index (κ2) is 6.46. The van der Waals surface area contributed by atoms with Crippen LogP contribution in [0.3, 0.4) is 0 Å². The standard InChI is InChI=1S/C18H23NO2/c1-13(19-11-17-8-9-18(12-20)21-17)15-7-6-14-4-2-3-5-16(14)10-15/h6-10,13,19-20H,2-5,11-12H2,1H3/t13-/m0/s1. The first-order chi connectivity index (χ1) is 10.3. The zero-order chi connectivity index (χ0) is 14.7. The minimum Gasteiger partial charge on any atom is -0.462 e. The van der Waals surface area contributed by atoms with Gasteiger partial charge in [0, 0.05) is 6.04 Å². The van der Waals surface area contributed by atoms with E-state index < -0.39 is 0 Å². The van der Waals surface area contributed by atoms with Crippen molar-refractivity contribution in [3.05, 3.63) is 58.5 Å². The zero-order valence-corrected chi connectivity index (χ0v) is 12.6. The molecule has 0 aliphatic heterocycles. The lowest BCUT2D eigenvalue weighted by Gasteiger charge is -2.19. The molecule has 2 aromatic rings. The Morgan fingerprint density at radius 3 is 2.62 bits per heavy atom. The molecule has 1 heterocycles. The van der Waals surface area contributed by atoms with E-state index in [0.717, 1.165) is 5.76 Å². The minimum absolute atomic E-state index is 0.0413. The fraction of sp³-hybridized carbons (Fsp3) is 0.444. The van der Waals surface area contributed by atoms with Gasteiger partial charge in [-0.1, -0.05) is 18.2 Å². The first-order valence-corrected chi connectivity index (χ1v) is 7.80. The molecule has 0 amide bonds. The maximum atomic E-state index is 9.00. The molecular formula is C18H23NO2. The van der Waals surface area contributed by atoms with E-state index in [4.69, 9.17) is 9.52 Å². The molecule has 2 N–H and O–H groups in total. The van der Waals surface area contributed by atoms with Gasteiger partial charge >= 0.3 is 0 Å². The molecule has 0 radical (unpaired) electrons. The summed E-state index contributed by atoms with van der Waals surface area (Å²) >= 11 is 0. The predicted molar refractivity (Wildman–Crippen MR) is 83.0 cm³/mol. The molecule has 3 nitrogen and oxygen atoms in total. The van der Waals surface area contributed by atoms with Crippen molar-refractivity contribution in [2.45, 2.75) is 51.8 Å². The smallest absolute Gasteiger partial charge is 0.129 e. The van der Waals surface area contributed by atoms with Crippen molar-refractivity contribution in [3.63, 3.8) is 0 Å². The van der Waals surface area contributed by atoms with Gasteiger partial charge in [0.25, 0.3) is 0 Å². The molecule has 0 saturated carbocycles. The summed E-state index contributed by atoms with van der Waals surface area (Å²) in [5, 5.41) is 12.5. The van der Waals surface area contributed by atoms with E-state index in [1.807, 2.05) is 12.1 Å². The number of hydrogen-bond acceptors (Lipinski definition) is 3. The van der Waals surface area contributed by atoms with E-state index in [-0.39, 0.29) is 6.61 Å². The van der Waals surface area contributed by atoms with Crippen molar-refractivity contribution in [2.75, 3.05) is 0 Å².